The smallest absolute Gasteiger partial charge is 0.261 e. The fourth-order valence-corrected chi connectivity index (χ4v) is 3.32. The van der Waals surface area contributed by atoms with Crippen LogP contribution in [-0.4, -0.2) is 29.5 Å². The van der Waals surface area contributed by atoms with Crippen LogP contribution in [0.4, 0.5) is 0 Å². The molecule has 1 aromatic carbocycles. The highest BCUT2D eigenvalue weighted by Crippen LogP contribution is 2.24. The highest BCUT2D eigenvalue weighted by Gasteiger charge is 2.11. The third kappa shape index (κ3) is 2.36. The minimum atomic E-state index is -0.0411. The number of hydrogen-bond acceptors (Lipinski definition) is 6. The van der Waals surface area contributed by atoms with Gasteiger partial charge in [0.2, 0.25) is 0 Å². The van der Waals surface area contributed by atoms with Crippen LogP contribution in [0.1, 0.15) is 5.82 Å². The molecule has 1 N–H and O–H groups in total. The first-order valence-electron chi connectivity index (χ1n) is 6.95. The molecule has 0 fully saturated rings. The lowest BCUT2D eigenvalue weighted by atomic mass is 10.2. The molecule has 8 heteroatoms. The van der Waals surface area contributed by atoms with Crippen molar-refractivity contribution in [2.45, 2.75) is 10.8 Å². The quantitative estimate of drug-likeness (QED) is 0.457. The van der Waals surface area contributed by atoms with Crippen molar-refractivity contribution in [3.8, 4) is 0 Å². The molecular weight excluding hydrogens is 312 g/mol. The van der Waals surface area contributed by atoms with Crippen molar-refractivity contribution in [1.82, 2.24) is 29.5 Å². The predicted octanol–water partition coefficient (Wildman–Crippen LogP) is 1.89. The number of hydrogen-bond donors (Lipinski definition) is 1. The van der Waals surface area contributed by atoms with E-state index in [-0.39, 0.29) is 5.56 Å². The summed E-state index contributed by atoms with van der Waals surface area (Å²) in [4.78, 5) is 32.5. The number of H-pyrrole nitrogens is 1. The van der Waals surface area contributed by atoms with Gasteiger partial charge >= 0.3 is 0 Å². The van der Waals surface area contributed by atoms with E-state index in [1.54, 1.807) is 24.0 Å². The van der Waals surface area contributed by atoms with Crippen LogP contribution < -0.4 is 5.56 Å². The van der Waals surface area contributed by atoms with E-state index in [4.69, 9.17) is 0 Å². The van der Waals surface area contributed by atoms with E-state index in [2.05, 4.69) is 24.9 Å². The van der Waals surface area contributed by atoms with Crippen molar-refractivity contribution in [3.63, 3.8) is 0 Å². The van der Waals surface area contributed by atoms with Gasteiger partial charge in [-0.25, -0.2) is 19.9 Å². The first-order chi connectivity index (χ1) is 11.2. The lowest BCUT2D eigenvalue weighted by Gasteiger charge is -2.08. The standard InChI is InChI=1S/C15H12N6OS/c1-21-11(20-10-5-3-2-4-9(10)15(21)22)6-23-14-12-13(17-7-16-12)18-8-19-14/h2-5,7-8H,6H2,1H3,(H,16,17,18,19). The van der Waals surface area contributed by atoms with Crippen LogP contribution in [0, 0.1) is 0 Å². The molecule has 0 atom stereocenters. The van der Waals surface area contributed by atoms with Gasteiger partial charge in [-0.3, -0.25) is 9.36 Å². The van der Waals surface area contributed by atoms with Gasteiger partial charge in [-0.05, 0) is 12.1 Å². The molecule has 0 unspecified atom stereocenters. The average Bonchev–Trinajstić information content (AvgIpc) is 3.06. The van der Waals surface area contributed by atoms with E-state index in [0.717, 1.165) is 10.5 Å². The number of imidazole rings is 1. The Morgan fingerprint density at radius 3 is 3.00 bits per heavy atom. The maximum atomic E-state index is 12.4. The molecule has 7 nitrogen and oxygen atoms in total. The van der Waals surface area contributed by atoms with Crippen LogP contribution in [0.3, 0.4) is 0 Å². The Balaban J connectivity index is 1.72. The van der Waals surface area contributed by atoms with Gasteiger partial charge in [0.25, 0.3) is 5.56 Å². The van der Waals surface area contributed by atoms with E-state index < -0.39 is 0 Å². The average molecular weight is 324 g/mol. The lowest BCUT2D eigenvalue weighted by molar-refractivity contribution is 0.785. The van der Waals surface area contributed by atoms with Crippen LogP contribution in [0.5, 0.6) is 0 Å². The van der Waals surface area contributed by atoms with Crippen LogP contribution >= 0.6 is 11.8 Å². The first kappa shape index (κ1) is 13.9. The first-order valence-corrected chi connectivity index (χ1v) is 7.94. The molecule has 0 amide bonds. The minimum Gasteiger partial charge on any atom is -0.341 e. The Kier molecular flexibility index (Phi) is 3.30. The van der Waals surface area contributed by atoms with Crippen molar-refractivity contribution < 1.29 is 0 Å². The number of rotatable bonds is 3. The topological polar surface area (TPSA) is 89.3 Å². The lowest BCUT2D eigenvalue weighted by Crippen LogP contribution is -2.21. The molecule has 0 bridgehead atoms. The Morgan fingerprint density at radius 1 is 1.22 bits per heavy atom. The van der Waals surface area contributed by atoms with Crippen molar-refractivity contribution >= 4 is 33.8 Å². The summed E-state index contributed by atoms with van der Waals surface area (Å²) in [6, 6.07) is 7.36. The second-order valence-corrected chi connectivity index (χ2v) is 5.94. The van der Waals surface area contributed by atoms with Gasteiger partial charge in [0.05, 0.1) is 23.0 Å². The summed E-state index contributed by atoms with van der Waals surface area (Å²) in [5.74, 6) is 1.23. The van der Waals surface area contributed by atoms with Crippen LogP contribution in [-0.2, 0) is 12.8 Å². The second kappa shape index (κ2) is 5.47. The van der Waals surface area contributed by atoms with Gasteiger partial charge in [0.15, 0.2) is 5.65 Å². The third-order valence-electron chi connectivity index (χ3n) is 3.60. The molecule has 0 saturated heterocycles. The largest absolute Gasteiger partial charge is 0.341 e. The summed E-state index contributed by atoms with van der Waals surface area (Å²) in [6.45, 7) is 0. The second-order valence-electron chi connectivity index (χ2n) is 4.98. The van der Waals surface area contributed by atoms with Crippen LogP contribution in [0.15, 0.2) is 46.7 Å². The molecule has 23 heavy (non-hydrogen) atoms. The zero-order valence-electron chi connectivity index (χ0n) is 12.2. The molecule has 0 aliphatic heterocycles. The van der Waals surface area contributed by atoms with E-state index in [9.17, 15) is 4.79 Å². The van der Waals surface area contributed by atoms with Gasteiger partial charge in [0, 0.05) is 7.05 Å². The number of aromatic nitrogens is 6. The summed E-state index contributed by atoms with van der Waals surface area (Å²) in [5, 5.41) is 1.41. The van der Waals surface area contributed by atoms with Crippen molar-refractivity contribution in [2.24, 2.45) is 7.05 Å². The SMILES string of the molecule is Cn1c(CSc2ncnc3nc[nH]c23)nc2ccccc2c1=O. The molecule has 3 aromatic heterocycles. The van der Waals surface area contributed by atoms with Crippen LogP contribution in [0.25, 0.3) is 22.1 Å². The fraction of sp³-hybridized carbons (Fsp3) is 0.133. The number of fused-ring (bicyclic) bond motifs is 2. The molecule has 0 aliphatic rings. The number of nitrogens with zero attached hydrogens (tertiary/aromatic N) is 5. The van der Waals surface area contributed by atoms with Gasteiger partial charge in [-0.2, -0.15) is 0 Å². The molecule has 3 heterocycles. The molecule has 4 rings (SSSR count). The van der Waals surface area contributed by atoms with E-state index in [0.29, 0.717) is 28.1 Å². The molecule has 4 aromatic rings. The van der Waals surface area contributed by atoms with Crippen LogP contribution in [0.2, 0.25) is 0 Å². The molecule has 0 spiro atoms. The Bertz CT molecular complexity index is 1070. The van der Waals surface area contributed by atoms with Crippen molar-refractivity contribution in [2.75, 3.05) is 0 Å². The Labute approximate surface area is 134 Å². The fourth-order valence-electron chi connectivity index (χ4n) is 2.38. The van der Waals surface area contributed by atoms with Gasteiger partial charge < -0.3 is 4.98 Å². The van der Waals surface area contributed by atoms with E-state index in [1.807, 2.05) is 18.2 Å². The maximum absolute atomic E-state index is 12.4. The maximum Gasteiger partial charge on any atom is 0.261 e. The van der Waals surface area contributed by atoms with E-state index in [1.165, 1.54) is 18.1 Å². The molecule has 0 aliphatic carbocycles. The number of thioether (sulfide) groups is 1. The van der Waals surface area contributed by atoms with Gasteiger partial charge in [-0.1, -0.05) is 23.9 Å². The summed E-state index contributed by atoms with van der Waals surface area (Å²) >= 11 is 1.49. The highest BCUT2D eigenvalue weighted by molar-refractivity contribution is 7.98. The zero-order chi connectivity index (χ0) is 15.8. The summed E-state index contributed by atoms with van der Waals surface area (Å²) in [7, 11) is 1.74. The van der Waals surface area contributed by atoms with E-state index >= 15 is 0 Å². The zero-order valence-corrected chi connectivity index (χ0v) is 13.0. The predicted molar refractivity (Wildman–Crippen MR) is 88.2 cm³/mol. The number of aromatic amines is 1. The highest BCUT2D eigenvalue weighted by atomic mass is 32.2. The molecule has 114 valence electrons. The van der Waals surface area contributed by atoms with Gasteiger partial charge in [-0.15, -0.1) is 0 Å². The molecular formula is C15H12N6OS. The minimum absolute atomic E-state index is 0.0411. The molecule has 0 saturated carbocycles. The summed E-state index contributed by atoms with van der Waals surface area (Å²) in [5.41, 5.74) is 2.09. The van der Waals surface area contributed by atoms with Gasteiger partial charge in [0.1, 0.15) is 22.7 Å². The molecule has 0 radical (unpaired) electrons. The Hall–Kier alpha value is -2.74. The number of benzene rings is 1. The Morgan fingerprint density at radius 2 is 2.09 bits per heavy atom. The third-order valence-corrected chi connectivity index (χ3v) is 4.59. The van der Waals surface area contributed by atoms with Crippen molar-refractivity contribution in [3.05, 3.63) is 53.1 Å². The monoisotopic (exact) mass is 324 g/mol. The number of para-hydroxylation sites is 1. The summed E-state index contributed by atoms with van der Waals surface area (Å²) < 4.78 is 1.58. The van der Waals surface area contributed by atoms with Crippen molar-refractivity contribution in [1.29, 1.82) is 0 Å². The number of nitrogens with one attached hydrogen (secondary N) is 1. The normalized spacial score (nSPS) is 11.3. The summed E-state index contributed by atoms with van der Waals surface area (Å²) in [6.07, 6.45) is 3.08.